The number of amides is 1. The second-order valence-electron chi connectivity index (χ2n) is 3.06. The van der Waals surface area contributed by atoms with Crippen molar-refractivity contribution in [3.63, 3.8) is 0 Å². The van der Waals surface area contributed by atoms with Crippen LogP contribution >= 0.6 is 11.6 Å². The molecule has 2 rings (SSSR count). The Balaban J connectivity index is 2.51. The summed E-state index contributed by atoms with van der Waals surface area (Å²) in [5, 5.41) is 6.66. The van der Waals surface area contributed by atoms with Crippen LogP contribution in [-0.4, -0.2) is 27.6 Å². The van der Waals surface area contributed by atoms with Crippen molar-refractivity contribution in [1.82, 2.24) is 14.8 Å². The zero-order chi connectivity index (χ0) is 13.0. The number of nitrogens with zero attached hydrogens (tertiary/aromatic N) is 3. The molecule has 0 aliphatic heterocycles. The summed E-state index contributed by atoms with van der Waals surface area (Å²) in [4.78, 5) is 24.8. The first-order chi connectivity index (χ1) is 8.76. The number of nitrogens with one attached hydrogen (secondary N) is 1. The van der Waals surface area contributed by atoms with E-state index in [-0.39, 0.29) is 24.0 Å². The first-order valence-corrected chi connectivity index (χ1v) is 5.15. The molecule has 0 fully saturated rings. The third-order valence-electron chi connectivity index (χ3n) is 1.99. The third-order valence-corrected chi connectivity index (χ3v) is 2.29. The summed E-state index contributed by atoms with van der Waals surface area (Å²) in [7, 11) is 0. The van der Waals surface area contributed by atoms with E-state index in [1.54, 1.807) is 12.1 Å². The van der Waals surface area contributed by atoms with Gasteiger partial charge in [-0.25, -0.2) is 4.98 Å². The van der Waals surface area contributed by atoms with E-state index in [1.165, 1.54) is 16.9 Å². The Kier molecular flexibility index (Phi) is 3.54. The Bertz CT molecular complexity index is 584. The van der Waals surface area contributed by atoms with E-state index >= 15 is 0 Å². The van der Waals surface area contributed by atoms with Gasteiger partial charge in [-0.15, -0.1) is 5.10 Å². The van der Waals surface area contributed by atoms with Crippen molar-refractivity contribution in [2.24, 2.45) is 0 Å². The Labute approximate surface area is 106 Å². The lowest BCUT2D eigenvalue weighted by Crippen LogP contribution is -2.04. The van der Waals surface area contributed by atoms with Crippen molar-refractivity contribution in [3.05, 3.63) is 29.4 Å². The normalized spacial score (nSPS) is 9.83. The molecule has 8 heteroatoms. The van der Waals surface area contributed by atoms with Gasteiger partial charge in [0.1, 0.15) is 0 Å². The van der Waals surface area contributed by atoms with Crippen LogP contribution in [0.2, 0.25) is 5.02 Å². The Morgan fingerprint density at radius 2 is 2.28 bits per heavy atom. The summed E-state index contributed by atoms with van der Waals surface area (Å²) in [5.74, 6) is 0.591. The molecule has 2 aromatic heterocycles. The predicted molar refractivity (Wildman–Crippen MR) is 62.7 cm³/mol. The van der Waals surface area contributed by atoms with Crippen molar-refractivity contribution in [2.75, 3.05) is 5.32 Å². The molecule has 1 N–H and O–H groups in total. The van der Waals surface area contributed by atoms with Crippen LogP contribution in [-0.2, 0) is 9.59 Å². The smallest absolute Gasteiger partial charge is 0.299 e. The molecule has 0 unspecified atom stereocenters. The molecule has 0 spiro atoms. The van der Waals surface area contributed by atoms with Gasteiger partial charge in [-0.05, 0) is 12.1 Å². The highest BCUT2D eigenvalue weighted by Crippen LogP contribution is 2.24. The average Bonchev–Trinajstić information content (AvgIpc) is 2.74. The maximum Gasteiger partial charge on any atom is 0.299 e. The van der Waals surface area contributed by atoms with Gasteiger partial charge in [0.25, 0.3) is 6.47 Å². The SMILES string of the molecule is O=CNc1cc(OC=O)n(-c2ncccc2Cl)n1. The molecule has 0 bridgehead atoms. The van der Waals surface area contributed by atoms with Crippen LogP contribution in [0.4, 0.5) is 5.82 Å². The van der Waals surface area contributed by atoms with Crippen LogP contribution in [0.1, 0.15) is 0 Å². The molecule has 0 aliphatic rings. The van der Waals surface area contributed by atoms with Crippen molar-refractivity contribution < 1.29 is 14.3 Å². The molecule has 0 aliphatic carbocycles. The topological polar surface area (TPSA) is 86.1 Å². The number of halogens is 1. The molecule has 18 heavy (non-hydrogen) atoms. The monoisotopic (exact) mass is 266 g/mol. The first kappa shape index (κ1) is 12.1. The zero-order valence-electron chi connectivity index (χ0n) is 8.91. The quantitative estimate of drug-likeness (QED) is 0.817. The average molecular weight is 267 g/mol. The zero-order valence-corrected chi connectivity index (χ0v) is 9.66. The standard InChI is InChI=1S/C10H7ClN4O3/c11-7-2-1-3-12-10(7)15-9(18-6-17)4-8(14-15)13-5-16/h1-6H,(H,13,14,16). The van der Waals surface area contributed by atoms with Gasteiger partial charge in [-0.2, -0.15) is 4.68 Å². The molecule has 2 aromatic rings. The number of hydrogen-bond acceptors (Lipinski definition) is 5. The van der Waals surface area contributed by atoms with Crippen molar-refractivity contribution >= 4 is 30.3 Å². The van der Waals surface area contributed by atoms with Crippen LogP contribution < -0.4 is 10.1 Å². The molecule has 2 heterocycles. The molecule has 0 radical (unpaired) electrons. The highest BCUT2D eigenvalue weighted by Gasteiger charge is 2.14. The van der Waals surface area contributed by atoms with E-state index in [2.05, 4.69) is 15.4 Å². The molecule has 0 saturated heterocycles. The number of anilines is 1. The van der Waals surface area contributed by atoms with E-state index in [9.17, 15) is 9.59 Å². The summed E-state index contributed by atoms with van der Waals surface area (Å²) in [6, 6.07) is 4.64. The molecule has 0 atom stereocenters. The van der Waals surface area contributed by atoms with E-state index < -0.39 is 0 Å². The second kappa shape index (κ2) is 5.28. The van der Waals surface area contributed by atoms with Crippen molar-refractivity contribution in [1.29, 1.82) is 0 Å². The number of rotatable bonds is 5. The van der Waals surface area contributed by atoms with Gasteiger partial charge in [0.05, 0.1) is 5.02 Å². The Morgan fingerprint density at radius 3 is 2.94 bits per heavy atom. The highest BCUT2D eigenvalue weighted by atomic mass is 35.5. The van der Waals surface area contributed by atoms with E-state index in [0.29, 0.717) is 11.4 Å². The minimum absolute atomic E-state index is 0.0925. The summed E-state index contributed by atoms with van der Waals surface area (Å²) >= 11 is 5.96. The van der Waals surface area contributed by atoms with E-state index in [1.807, 2.05) is 0 Å². The molecular weight excluding hydrogens is 260 g/mol. The van der Waals surface area contributed by atoms with E-state index in [4.69, 9.17) is 16.3 Å². The van der Waals surface area contributed by atoms with E-state index in [0.717, 1.165) is 0 Å². The number of carbonyl (C=O) groups is 2. The van der Waals surface area contributed by atoms with Crippen LogP contribution in [0.25, 0.3) is 5.82 Å². The highest BCUT2D eigenvalue weighted by molar-refractivity contribution is 6.32. The lowest BCUT2D eigenvalue weighted by atomic mass is 10.4. The molecule has 1 amide bonds. The molecule has 0 saturated carbocycles. The third kappa shape index (κ3) is 2.30. The van der Waals surface area contributed by atoms with Gasteiger partial charge in [-0.1, -0.05) is 11.6 Å². The van der Waals surface area contributed by atoms with Crippen LogP contribution in [0.15, 0.2) is 24.4 Å². The van der Waals surface area contributed by atoms with Gasteiger partial charge in [0, 0.05) is 12.3 Å². The van der Waals surface area contributed by atoms with Crippen molar-refractivity contribution in [3.8, 4) is 11.7 Å². The Morgan fingerprint density at radius 1 is 1.44 bits per heavy atom. The molecular formula is C10H7ClN4O3. The van der Waals surface area contributed by atoms with Crippen LogP contribution in [0, 0.1) is 0 Å². The first-order valence-electron chi connectivity index (χ1n) is 4.77. The Hall–Kier alpha value is -2.41. The summed E-state index contributed by atoms with van der Waals surface area (Å²) in [5.41, 5.74) is 0. The lowest BCUT2D eigenvalue weighted by molar-refractivity contribution is -0.121. The van der Waals surface area contributed by atoms with Crippen LogP contribution in [0.5, 0.6) is 5.88 Å². The minimum Gasteiger partial charge on any atom is -0.409 e. The number of carbonyl (C=O) groups excluding carboxylic acids is 2. The van der Waals surface area contributed by atoms with Crippen LogP contribution in [0.3, 0.4) is 0 Å². The molecule has 92 valence electrons. The largest absolute Gasteiger partial charge is 0.409 e. The second-order valence-corrected chi connectivity index (χ2v) is 3.47. The maximum atomic E-state index is 10.4. The predicted octanol–water partition coefficient (Wildman–Crippen LogP) is 1.02. The minimum atomic E-state index is 0.0925. The fraction of sp³-hybridized carbons (Fsp3) is 0. The van der Waals surface area contributed by atoms with Gasteiger partial charge >= 0.3 is 0 Å². The van der Waals surface area contributed by atoms with Gasteiger partial charge in [0.15, 0.2) is 11.6 Å². The van der Waals surface area contributed by atoms with Gasteiger partial charge < -0.3 is 10.1 Å². The fourth-order valence-electron chi connectivity index (χ4n) is 1.31. The number of ether oxygens (including phenoxy) is 1. The number of hydrogen-bond donors (Lipinski definition) is 1. The lowest BCUT2D eigenvalue weighted by Gasteiger charge is -2.04. The summed E-state index contributed by atoms with van der Waals surface area (Å²) < 4.78 is 5.95. The van der Waals surface area contributed by atoms with Gasteiger partial charge in [-0.3, -0.25) is 9.59 Å². The van der Waals surface area contributed by atoms with Gasteiger partial charge in [0.2, 0.25) is 12.3 Å². The fourth-order valence-corrected chi connectivity index (χ4v) is 1.51. The van der Waals surface area contributed by atoms with Crippen molar-refractivity contribution in [2.45, 2.75) is 0 Å². The summed E-state index contributed by atoms with van der Waals surface area (Å²) in [6.45, 7) is 0.245. The number of aromatic nitrogens is 3. The number of pyridine rings is 1. The molecule has 7 nitrogen and oxygen atoms in total. The maximum absolute atomic E-state index is 10.4. The molecule has 0 aromatic carbocycles. The summed E-state index contributed by atoms with van der Waals surface area (Å²) in [6.07, 6.45) is 1.97.